The number of carboxylic acid groups (broad SMARTS) is 1. The van der Waals surface area contributed by atoms with Gasteiger partial charge in [-0.15, -0.1) is 0 Å². The second-order valence-electron chi connectivity index (χ2n) is 4.94. The van der Waals surface area contributed by atoms with Gasteiger partial charge in [0.2, 0.25) is 0 Å². The topological polar surface area (TPSA) is 96.9 Å². The zero-order chi connectivity index (χ0) is 14.8. The van der Waals surface area contributed by atoms with Crippen molar-refractivity contribution in [2.75, 3.05) is 33.5 Å². The molecule has 1 rings (SSSR count). The highest BCUT2D eigenvalue weighted by Crippen LogP contribution is 2.28. The molecule has 20 heavy (non-hydrogen) atoms. The van der Waals surface area contributed by atoms with Crippen LogP contribution in [0, 0.1) is 5.92 Å². The number of urea groups is 1. The van der Waals surface area contributed by atoms with Crippen molar-refractivity contribution in [3.63, 3.8) is 0 Å². The van der Waals surface area contributed by atoms with Gasteiger partial charge in [-0.2, -0.15) is 0 Å². The van der Waals surface area contributed by atoms with E-state index in [-0.39, 0.29) is 0 Å². The highest BCUT2D eigenvalue weighted by Gasteiger charge is 2.21. The number of aliphatic carboxylic acids is 1. The fraction of sp³-hybridized carbons (Fsp3) is 0.846. The van der Waals surface area contributed by atoms with Crippen molar-refractivity contribution in [3.8, 4) is 0 Å². The van der Waals surface area contributed by atoms with Crippen LogP contribution in [0.3, 0.4) is 0 Å². The molecule has 1 fully saturated rings. The molecule has 3 N–H and O–H groups in total. The summed E-state index contributed by atoms with van der Waals surface area (Å²) in [5, 5.41) is 14.0. The van der Waals surface area contributed by atoms with Crippen LogP contribution in [-0.4, -0.2) is 56.6 Å². The first-order chi connectivity index (χ1) is 9.63. The summed E-state index contributed by atoms with van der Waals surface area (Å²) < 4.78 is 10.2. The van der Waals surface area contributed by atoms with E-state index in [9.17, 15) is 9.59 Å². The molecule has 7 heteroatoms. The molecule has 1 unspecified atom stereocenters. The first-order valence-electron chi connectivity index (χ1n) is 6.97. The van der Waals surface area contributed by atoms with Crippen LogP contribution >= 0.6 is 0 Å². The summed E-state index contributed by atoms with van der Waals surface area (Å²) in [5.41, 5.74) is 0. The van der Waals surface area contributed by atoms with Crippen molar-refractivity contribution in [2.45, 2.75) is 31.7 Å². The van der Waals surface area contributed by atoms with Gasteiger partial charge in [0.05, 0.1) is 6.61 Å². The third-order valence-electron chi connectivity index (χ3n) is 3.03. The Morgan fingerprint density at radius 3 is 2.70 bits per heavy atom. The van der Waals surface area contributed by atoms with E-state index in [1.807, 2.05) is 0 Å². The number of hydrogen-bond donors (Lipinski definition) is 3. The predicted molar refractivity (Wildman–Crippen MR) is 72.6 cm³/mol. The zero-order valence-corrected chi connectivity index (χ0v) is 11.9. The molecule has 1 aliphatic rings. The number of hydrogen-bond acceptors (Lipinski definition) is 4. The van der Waals surface area contributed by atoms with Crippen molar-refractivity contribution in [3.05, 3.63) is 0 Å². The van der Waals surface area contributed by atoms with E-state index in [1.165, 1.54) is 12.8 Å². The Balaban J connectivity index is 2.07. The van der Waals surface area contributed by atoms with Gasteiger partial charge in [-0.25, -0.2) is 9.59 Å². The van der Waals surface area contributed by atoms with E-state index in [1.54, 1.807) is 7.11 Å². The van der Waals surface area contributed by atoms with E-state index in [4.69, 9.17) is 14.6 Å². The molecule has 0 heterocycles. The van der Waals surface area contributed by atoms with Crippen LogP contribution in [0.4, 0.5) is 4.79 Å². The van der Waals surface area contributed by atoms with Gasteiger partial charge in [-0.1, -0.05) is 0 Å². The molecule has 0 bridgehead atoms. The van der Waals surface area contributed by atoms with E-state index >= 15 is 0 Å². The minimum Gasteiger partial charge on any atom is -0.480 e. The first-order valence-corrected chi connectivity index (χ1v) is 6.97. The molecule has 0 aromatic rings. The molecule has 1 aliphatic carbocycles. The molecule has 0 saturated heterocycles. The number of methoxy groups -OCH3 is 1. The highest BCUT2D eigenvalue weighted by molar-refractivity contribution is 5.82. The Kier molecular flexibility index (Phi) is 7.98. The van der Waals surface area contributed by atoms with Crippen LogP contribution in [0.2, 0.25) is 0 Å². The van der Waals surface area contributed by atoms with E-state index in [2.05, 4.69) is 10.6 Å². The summed E-state index contributed by atoms with van der Waals surface area (Å²) in [6.07, 6.45) is 3.39. The summed E-state index contributed by atoms with van der Waals surface area (Å²) >= 11 is 0. The number of nitrogens with one attached hydrogen (secondary N) is 2. The van der Waals surface area contributed by atoms with Gasteiger partial charge in [0.25, 0.3) is 0 Å². The maximum absolute atomic E-state index is 11.5. The van der Waals surface area contributed by atoms with Gasteiger partial charge in [0.1, 0.15) is 6.04 Å². The molecular formula is C13H24N2O5. The van der Waals surface area contributed by atoms with Gasteiger partial charge in [0.15, 0.2) is 0 Å². The predicted octanol–water partition coefficient (Wildman–Crippen LogP) is 0.592. The van der Waals surface area contributed by atoms with E-state index in [0.29, 0.717) is 38.5 Å². The maximum atomic E-state index is 11.5. The lowest BCUT2D eigenvalue weighted by Gasteiger charge is -2.15. The summed E-state index contributed by atoms with van der Waals surface area (Å²) in [6.45, 7) is 2.05. The average molecular weight is 288 g/mol. The minimum atomic E-state index is -1.04. The average Bonchev–Trinajstić information content (AvgIpc) is 3.21. The van der Waals surface area contributed by atoms with Crippen molar-refractivity contribution in [1.82, 2.24) is 10.6 Å². The lowest BCUT2D eigenvalue weighted by atomic mass is 10.1. The Morgan fingerprint density at radius 1 is 1.35 bits per heavy atom. The lowest BCUT2D eigenvalue weighted by Crippen LogP contribution is -2.46. The van der Waals surface area contributed by atoms with Gasteiger partial charge in [-0.05, 0) is 31.6 Å². The monoisotopic (exact) mass is 288 g/mol. The number of carbonyl (C=O) groups excluding carboxylic acids is 1. The normalized spacial score (nSPS) is 15.7. The molecule has 0 aliphatic heterocycles. The fourth-order valence-corrected chi connectivity index (χ4v) is 1.67. The number of rotatable bonds is 11. The molecule has 0 aromatic carbocycles. The first kappa shape index (κ1) is 16.7. The van der Waals surface area contributed by atoms with Crippen LogP contribution < -0.4 is 10.6 Å². The van der Waals surface area contributed by atoms with Crippen molar-refractivity contribution < 1.29 is 24.2 Å². The smallest absolute Gasteiger partial charge is 0.326 e. The number of amides is 2. The zero-order valence-electron chi connectivity index (χ0n) is 11.9. The molecule has 1 atom stereocenters. The largest absolute Gasteiger partial charge is 0.480 e. The standard InChI is InChI=1S/C13H24N2O5/c1-19-7-2-3-11(12(16)17)15-13(18)14-6-8-20-9-10-4-5-10/h10-11H,2-9H2,1H3,(H,16,17)(H2,14,15,18). The Morgan fingerprint density at radius 2 is 2.10 bits per heavy atom. The van der Waals surface area contributed by atoms with Crippen LogP contribution in [-0.2, 0) is 14.3 Å². The maximum Gasteiger partial charge on any atom is 0.326 e. The molecular weight excluding hydrogens is 264 g/mol. The van der Waals surface area contributed by atoms with Crippen molar-refractivity contribution >= 4 is 12.0 Å². The lowest BCUT2D eigenvalue weighted by molar-refractivity contribution is -0.139. The van der Waals surface area contributed by atoms with Crippen LogP contribution in [0.15, 0.2) is 0 Å². The molecule has 2 amide bonds. The summed E-state index contributed by atoms with van der Waals surface area (Å²) in [4.78, 5) is 22.5. The number of ether oxygens (including phenoxy) is 2. The number of carboxylic acids is 1. The quantitative estimate of drug-likeness (QED) is 0.484. The Hall–Kier alpha value is -1.34. The second kappa shape index (κ2) is 9.55. The molecule has 1 saturated carbocycles. The Bertz CT molecular complexity index is 307. The van der Waals surface area contributed by atoms with Crippen molar-refractivity contribution in [1.29, 1.82) is 0 Å². The number of carbonyl (C=O) groups is 2. The van der Waals surface area contributed by atoms with Gasteiger partial charge < -0.3 is 25.2 Å². The summed E-state index contributed by atoms with van der Waals surface area (Å²) in [7, 11) is 1.55. The van der Waals surface area contributed by atoms with Gasteiger partial charge >= 0.3 is 12.0 Å². The van der Waals surface area contributed by atoms with Crippen LogP contribution in [0.25, 0.3) is 0 Å². The minimum absolute atomic E-state index is 0.342. The fourth-order valence-electron chi connectivity index (χ4n) is 1.67. The molecule has 7 nitrogen and oxygen atoms in total. The third kappa shape index (κ3) is 7.96. The SMILES string of the molecule is COCCCC(NC(=O)NCCOCC1CC1)C(=O)O. The highest BCUT2D eigenvalue weighted by atomic mass is 16.5. The molecule has 0 radical (unpaired) electrons. The summed E-state index contributed by atoms with van der Waals surface area (Å²) in [5.74, 6) is -0.345. The molecule has 0 aromatic heterocycles. The second-order valence-corrected chi connectivity index (χ2v) is 4.94. The molecule has 116 valence electrons. The van der Waals surface area contributed by atoms with Crippen LogP contribution in [0.5, 0.6) is 0 Å². The van der Waals surface area contributed by atoms with E-state index in [0.717, 1.165) is 6.61 Å². The summed E-state index contributed by atoms with van der Waals surface area (Å²) in [6, 6.07) is -1.37. The Labute approximate surface area is 119 Å². The molecule has 0 spiro atoms. The van der Waals surface area contributed by atoms with Gasteiger partial charge in [-0.3, -0.25) is 0 Å². The van der Waals surface area contributed by atoms with Crippen LogP contribution in [0.1, 0.15) is 25.7 Å². The third-order valence-corrected chi connectivity index (χ3v) is 3.03. The van der Waals surface area contributed by atoms with Gasteiger partial charge in [0, 0.05) is 26.9 Å². The van der Waals surface area contributed by atoms with E-state index < -0.39 is 18.0 Å². The van der Waals surface area contributed by atoms with Crippen molar-refractivity contribution in [2.24, 2.45) is 5.92 Å².